The van der Waals surface area contributed by atoms with Crippen LogP contribution >= 0.6 is 11.8 Å². The molecule has 1 aromatic rings. The minimum Gasteiger partial charge on any atom is -0.401 e. The topological polar surface area (TPSA) is 145 Å². The van der Waals surface area contributed by atoms with E-state index in [1.807, 2.05) is 0 Å². The Bertz CT molecular complexity index is 524. The van der Waals surface area contributed by atoms with Crippen LogP contribution in [-0.2, 0) is 4.79 Å². The average molecular weight is 264 g/mol. The summed E-state index contributed by atoms with van der Waals surface area (Å²) in [6.45, 7) is 1.50. The molecule has 0 amide bonds. The summed E-state index contributed by atoms with van der Waals surface area (Å²) >= 11 is 1.05. The van der Waals surface area contributed by atoms with Gasteiger partial charge >= 0.3 is 0 Å². The number of allylic oxidation sites excluding steroid dienone is 2. The Morgan fingerprint density at radius 2 is 2.00 bits per heavy atom. The van der Waals surface area contributed by atoms with Crippen LogP contribution in [0.2, 0.25) is 0 Å². The molecule has 6 N–H and O–H groups in total. The molecule has 0 bridgehead atoms. The van der Waals surface area contributed by atoms with Crippen molar-refractivity contribution in [1.29, 1.82) is 5.26 Å². The SMILES string of the molecule is C/C(N)=C(\C#N)C(=O)CSc1nc(N)cc(N)n1. The van der Waals surface area contributed by atoms with E-state index in [1.165, 1.54) is 13.0 Å². The van der Waals surface area contributed by atoms with Gasteiger partial charge in [0.2, 0.25) is 0 Å². The number of thioether (sulfide) groups is 1. The van der Waals surface area contributed by atoms with Crippen LogP contribution in [0.15, 0.2) is 22.5 Å². The van der Waals surface area contributed by atoms with Crippen molar-refractivity contribution in [3.8, 4) is 6.07 Å². The lowest BCUT2D eigenvalue weighted by Gasteiger charge is -2.02. The highest BCUT2D eigenvalue weighted by atomic mass is 32.2. The Morgan fingerprint density at radius 1 is 1.44 bits per heavy atom. The number of aromatic nitrogens is 2. The Labute approximate surface area is 108 Å². The zero-order valence-corrected chi connectivity index (χ0v) is 10.5. The van der Waals surface area contributed by atoms with Gasteiger partial charge in [-0.1, -0.05) is 11.8 Å². The predicted octanol–water partition coefficient (Wildman–Crippen LogP) is 0.0585. The molecule has 18 heavy (non-hydrogen) atoms. The number of carbonyl (C=O) groups excluding carboxylic acids is 1. The summed E-state index contributed by atoms with van der Waals surface area (Å²) in [5.41, 5.74) is 16.5. The third-order valence-corrected chi connectivity index (χ3v) is 2.71. The van der Waals surface area contributed by atoms with E-state index in [2.05, 4.69) is 9.97 Å². The molecule has 0 fully saturated rings. The highest BCUT2D eigenvalue weighted by Crippen LogP contribution is 2.17. The van der Waals surface area contributed by atoms with Crippen molar-refractivity contribution in [1.82, 2.24) is 9.97 Å². The smallest absolute Gasteiger partial charge is 0.191 e. The van der Waals surface area contributed by atoms with Gasteiger partial charge in [0.25, 0.3) is 0 Å². The molecule has 0 aliphatic heterocycles. The van der Waals surface area contributed by atoms with E-state index >= 15 is 0 Å². The van der Waals surface area contributed by atoms with Crippen LogP contribution in [0.5, 0.6) is 0 Å². The van der Waals surface area contributed by atoms with E-state index in [-0.39, 0.29) is 39.6 Å². The van der Waals surface area contributed by atoms with Crippen molar-refractivity contribution in [2.24, 2.45) is 5.73 Å². The Hall–Kier alpha value is -2.27. The fourth-order valence-corrected chi connectivity index (χ4v) is 1.84. The van der Waals surface area contributed by atoms with E-state index in [0.29, 0.717) is 0 Å². The highest BCUT2D eigenvalue weighted by Gasteiger charge is 2.13. The van der Waals surface area contributed by atoms with Crippen molar-refractivity contribution >= 4 is 29.2 Å². The van der Waals surface area contributed by atoms with Crippen LogP contribution in [0.25, 0.3) is 0 Å². The molecule has 1 rings (SSSR count). The highest BCUT2D eigenvalue weighted by molar-refractivity contribution is 7.99. The number of ketones is 1. The first-order valence-corrected chi connectivity index (χ1v) is 5.85. The first kappa shape index (κ1) is 13.8. The number of nitrogen functional groups attached to an aromatic ring is 2. The largest absolute Gasteiger partial charge is 0.401 e. The van der Waals surface area contributed by atoms with E-state index in [4.69, 9.17) is 22.5 Å². The molecule has 7 nitrogen and oxygen atoms in total. The third-order valence-electron chi connectivity index (χ3n) is 1.86. The van der Waals surface area contributed by atoms with Crippen LogP contribution in [0.1, 0.15) is 6.92 Å². The zero-order chi connectivity index (χ0) is 13.7. The first-order valence-electron chi connectivity index (χ1n) is 4.86. The molecule has 0 aliphatic carbocycles. The number of Topliss-reactive ketones (excluding diaryl/α,β-unsaturated/α-hetero) is 1. The number of hydrogen-bond acceptors (Lipinski definition) is 8. The molecule has 0 atom stereocenters. The van der Waals surface area contributed by atoms with Gasteiger partial charge in [0.1, 0.15) is 23.3 Å². The van der Waals surface area contributed by atoms with E-state index < -0.39 is 0 Å². The van der Waals surface area contributed by atoms with Crippen molar-refractivity contribution in [3.05, 3.63) is 17.3 Å². The second kappa shape index (κ2) is 5.88. The molecular formula is C10H12N6OS. The monoisotopic (exact) mass is 264 g/mol. The molecule has 1 heterocycles. The van der Waals surface area contributed by atoms with Gasteiger partial charge in [-0.25, -0.2) is 9.97 Å². The number of carbonyl (C=O) groups is 1. The van der Waals surface area contributed by atoms with Crippen LogP contribution in [0.3, 0.4) is 0 Å². The van der Waals surface area contributed by atoms with Crippen molar-refractivity contribution < 1.29 is 4.79 Å². The first-order chi connectivity index (χ1) is 8.43. The maximum Gasteiger partial charge on any atom is 0.191 e. The molecule has 0 saturated heterocycles. The lowest BCUT2D eigenvalue weighted by molar-refractivity contribution is -0.112. The maximum atomic E-state index is 11.7. The number of anilines is 2. The Kier molecular flexibility index (Phi) is 4.51. The van der Waals surface area contributed by atoms with Gasteiger partial charge in [-0.3, -0.25) is 4.79 Å². The summed E-state index contributed by atoms with van der Waals surface area (Å²) in [5.74, 6) is 0.0689. The number of hydrogen-bond donors (Lipinski definition) is 3. The van der Waals surface area contributed by atoms with Gasteiger partial charge in [-0.05, 0) is 6.92 Å². The normalized spacial score (nSPS) is 11.6. The van der Waals surface area contributed by atoms with Gasteiger partial charge in [0, 0.05) is 11.8 Å². The van der Waals surface area contributed by atoms with Crippen LogP contribution in [0.4, 0.5) is 11.6 Å². The Morgan fingerprint density at radius 3 is 2.44 bits per heavy atom. The average Bonchev–Trinajstić information content (AvgIpc) is 2.25. The number of nitriles is 1. The summed E-state index contributed by atoms with van der Waals surface area (Å²) in [4.78, 5) is 19.5. The molecule has 94 valence electrons. The second-order valence-electron chi connectivity index (χ2n) is 3.38. The van der Waals surface area contributed by atoms with Crippen molar-refractivity contribution in [2.45, 2.75) is 12.1 Å². The van der Waals surface area contributed by atoms with Gasteiger partial charge in [0.05, 0.1) is 5.75 Å². The summed E-state index contributed by atoms with van der Waals surface area (Å²) in [6.07, 6.45) is 0. The van der Waals surface area contributed by atoms with Crippen LogP contribution in [-0.4, -0.2) is 21.5 Å². The number of nitrogens with zero attached hydrogens (tertiary/aromatic N) is 3. The quantitative estimate of drug-likeness (QED) is 0.299. The van der Waals surface area contributed by atoms with Crippen molar-refractivity contribution in [3.63, 3.8) is 0 Å². The fraction of sp³-hybridized carbons (Fsp3) is 0.200. The molecule has 8 heteroatoms. The maximum absolute atomic E-state index is 11.7. The summed E-state index contributed by atoms with van der Waals surface area (Å²) in [6, 6.07) is 3.18. The van der Waals surface area contributed by atoms with E-state index in [0.717, 1.165) is 11.8 Å². The van der Waals surface area contributed by atoms with Gasteiger partial charge in [-0.15, -0.1) is 0 Å². The van der Waals surface area contributed by atoms with Gasteiger partial charge in [0.15, 0.2) is 10.9 Å². The lowest BCUT2D eigenvalue weighted by Crippen LogP contribution is -2.10. The molecule has 0 aromatic carbocycles. The number of nitrogens with two attached hydrogens (primary N) is 3. The molecule has 0 unspecified atom stereocenters. The summed E-state index contributed by atoms with van der Waals surface area (Å²) in [5, 5.41) is 9.05. The lowest BCUT2D eigenvalue weighted by atomic mass is 10.2. The van der Waals surface area contributed by atoms with E-state index in [1.54, 1.807) is 6.07 Å². The molecule has 0 saturated carbocycles. The van der Waals surface area contributed by atoms with Gasteiger partial charge in [-0.2, -0.15) is 5.26 Å². The van der Waals surface area contributed by atoms with Gasteiger partial charge < -0.3 is 17.2 Å². The second-order valence-corrected chi connectivity index (χ2v) is 4.32. The standard InChI is InChI=1S/C10H12N6OS/c1-5(12)6(3-11)7(17)4-18-10-15-8(13)2-9(14)16-10/h2H,4,12H2,1H3,(H4,13,14,15,16)/b6-5-. The zero-order valence-electron chi connectivity index (χ0n) is 9.67. The predicted molar refractivity (Wildman–Crippen MR) is 69.1 cm³/mol. The molecule has 0 aliphatic rings. The van der Waals surface area contributed by atoms with Crippen molar-refractivity contribution in [2.75, 3.05) is 17.2 Å². The summed E-state index contributed by atoms with van der Waals surface area (Å²) < 4.78 is 0. The van der Waals surface area contributed by atoms with E-state index in [9.17, 15) is 4.79 Å². The molecule has 1 aromatic heterocycles. The van der Waals surface area contributed by atoms with Crippen LogP contribution < -0.4 is 17.2 Å². The fourth-order valence-electron chi connectivity index (χ4n) is 1.10. The Balaban J connectivity index is 2.75. The third kappa shape index (κ3) is 3.64. The summed E-state index contributed by atoms with van der Waals surface area (Å²) in [7, 11) is 0. The molecule has 0 radical (unpaired) electrons. The molecule has 0 spiro atoms. The van der Waals surface area contributed by atoms with Crippen LogP contribution in [0, 0.1) is 11.3 Å². The number of rotatable bonds is 4. The minimum atomic E-state index is -0.382. The molecular weight excluding hydrogens is 252 g/mol. The minimum absolute atomic E-state index is 0.000324.